The largest absolute Gasteiger partial charge is 0.212 e. The van der Waals surface area contributed by atoms with E-state index in [1.54, 1.807) is 4.52 Å². The maximum Gasteiger partial charge on any atom is 0.157 e. The number of hydrogen-bond donors (Lipinski definition) is 0. The first-order valence-corrected chi connectivity index (χ1v) is 4.45. The number of aryl methyl sites for hydroxylation is 2. The van der Waals surface area contributed by atoms with Crippen molar-refractivity contribution in [2.75, 3.05) is 0 Å². The van der Waals surface area contributed by atoms with Crippen LogP contribution in [0.3, 0.4) is 0 Å². The predicted octanol–water partition coefficient (Wildman–Crippen LogP) is 2.11. The molecule has 2 aromatic heterocycles. The summed E-state index contributed by atoms with van der Waals surface area (Å²) in [7, 11) is 0. The smallest absolute Gasteiger partial charge is 0.157 e. The fourth-order valence-corrected chi connectivity index (χ4v) is 1.80. The van der Waals surface area contributed by atoms with Gasteiger partial charge >= 0.3 is 0 Å². The number of rotatable bonds is 0. The fraction of sp³-hybridized carbons (Fsp3) is 0.250. The van der Waals surface area contributed by atoms with Gasteiger partial charge in [-0.15, -0.1) is 0 Å². The third kappa shape index (κ3) is 1.12. The molecule has 0 radical (unpaired) electrons. The van der Waals surface area contributed by atoms with Gasteiger partial charge in [0.2, 0.25) is 0 Å². The third-order valence-electron chi connectivity index (χ3n) is 1.64. The van der Waals surface area contributed by atoms with Crippen molar-refractivity contribution in [3.8, 4) is 0 Å². The number of hydrogen-bond acceptors (Lipinski definition) is 2. The Labute approximate surface area is 78.6 Å². The Morgan fingerprint density at radius 2 is 2.08 bits per heavy atom. The van der Waals surface area contributed by atoms with Crippen LogP contribution in [0.1, 0.15) is 11.4 Å². The summed E-state index contributed by atoms with van der Waals surface area (Å²) in [5.41, 5.74) is 2.07. The third-order valence-corrected chi connectivity index (χ3v) is 2.21. The van der Waals surface area contributed by atoms with Gasteiger partial charge in [0, 0.05) is 0 Å². The highest BCUT2D eigenvalue weighted by atomic mass is 79.9. The molecule has 2 rings (SSSR count). The zero-order valence-electron chi connectivity index (χ0n) is 6.87. The summed E-state index contributed by atoms with van der Waals surface area (Å²) in [5.74, 6) is 0.793. The Bertz CT molecular complexity index is 433. The minimum Gasteiger partial charge on any atom is -0.212 e. The van der Waals surface area contributed by atoms with E-state index >= 15 is 0 Å². The molecule has 2 aromatic rings. The van der Waals surface area contributed by atoms with Gasteiger partial charge in [0.25, 0.3) is 0 Å². The van der Waals surface area contributed by atoms with E-state index < -0.39 is 0 Å². The van der Waals surface area contributed by atoms with Crippen molar-refractivity contribution in [3.05, 3.63) is 28.1 Å². The molecule has 0 aromatic carbocycles. The van der Waals surface area contributed by atoms with E-state index in [0.717, 1.165) is 16.1 Å². The number of halogens is 1. The van der Waals surface area contributed by atoms with Crippen LogP contribution >= 0.6 is 15.9 Å². The van der Waals surface area contributed by atoms with Crippen LogP contribution in [0.4, 0.5) is 0 Å². The van der Waals surface area contributed by atoms with Crippen LogP contribution in [-0.4, -0.2) is 14.6 Å². The van der Waals surface area contributed by atoms with Gasteiger partial charge < -0.3 is 0 Å². The van der Waals surface area contributed by atoms with Crippen molar-refractivity contribution >= 4 is 21.6 Å². The summed E-state index contributed by atoms with van der Waals surface area (Å²) in [6.45, 7) is 3.92. The standard InChI is InChI=1S/C8H8BrN3/c1-5-3-7(9)12-8(4-5)10-6(2)11-12/h3-4H,1-2H3. The van der Waals surface area contributed by atoms with Crippen LogP contribution in [0.25, 0.3) is 5.65 Å². The van der Waals surface area contributed by atoms with Gasteiger partial charge in [0.05, 0.1) is 0 Å². The van der Waals surface area contributed by atoms with Crippen molar-refractivity contribution in [1.82, 2.24) is 14.6 Å². The molecule has 4 heteroatoms. The van der Waals surface area contributed by atoms with E-state index in [-0.39, 0.29) is 0 Å². The van der Waals surface area contributed by atoms with Crippen LogP contribution in [0.5, 0.6) is 0 Å². The second-order valence-corrected chi connectivity index (χ2v) is 3.60. The normalized spacial score (nSPS) is 10.9. The zero-order valence-corrected chi connectivity index (χ0v) is 8.46. The van der Waals surface area contributed by atoms with Gasteiger partial charge in [0.15, 0.2) is 5.65 Å². The molecule has 0 amide bonds. The molecular weight excluding hydrogens is 218 g/mol. The number of aromatic nitrogens is 3. The zero-order chi connectivity index (χ0) is 8.72. The lowest BCUT2D eigenvalue weighted by atomic mass is 10.3. The number of nitrogens with zero attached hydrogens (tertiary/aromatic N) is 3. The summed E-state index contributed by atoms with van der Waals surface area (Å²) in [6.07, 6.45) is 0. The molecule has 0 aliphatic rings. The predicted molar refractivity (Wildman–Crippen MR) is 50.2 cm³/mol. The molecule has 0 aliphatic carbocycles. The average molecular weight is 226 g/mol. The topological polar surface area (TPSA) is 30.2 Å². The number of fused-ring (bicyclic) bond motifs is 1. The Kier molecular flexibility index (Phi) is 1.65. The Balaban J connectivity index is 2.88. The van der Waals surface area contributed by atoms with Gasteiger partial charge in [-0.1, -0.05) is 0 Å². The van der Waals surface area contributed by atoms with E-state index in [0.29, 0.717) is 0 Å². The molecule has 0 saturated heterocycles. The SMILES string of the molecule is Cc1cc(Br)n2nc(C)nc2c1. The van der Waals surface area contributed by atoms with E-state index in [1.165, 1.54) is 5.56 Å². The van der Waals surface area contributed by atoms with Crippen LogP contribution in [0.15, 0.2) is 16.7 Å². The quantitative estimate of drug-likeness (QED) is 0.644. The van der Waals surface area contributed by atoms with E-state index in [1.807, 2.05) is 26.0 Å². The molecule has 0 bridgehead atoms. The average Bonchev–Trinajstić information content (AvgIpc) is 2.29. The molecule has 0 N–H and O–H groups in total. The van der Waals surface area contributed by atoms with Gasteiger partial charge in [-0.2, -0.15) is 5.10 Å². The minimum absolute atomic E-state index is 0.793. The lowest BCUT2D eigenvalue weighted by Crippen LogP contribution is -1.90. The van der Waals surface area contributed by atoms with E-state index in [4.69, 9.17) is 0 Å². The Morgan fingerprint density at radius 3 is 2.83 bits per heavy atom. The second kappa shape index (κ2) is 2.55. The molecule has 2 heterocycles. The monoisotopic (exact) mass is 225 g/mol. The van der Waals surface area contributed by atoms with Crippen LogP contribution in [-0.2, 0) is 0 Å². The Hall–Kier alpha value is -0.900. The van der Waals surface area contributed by atoms with Crippen LogP contribution in [0.2, 0.25) is 0 Å². The molecule has 0 unspecified atom stereocenters. The first-order chi connectivity index (χ1) is 5.66. The summed E-state index contributed by atoms with van der Waals surface area (Å²) < 4.78 is 2.72. The summed E-state index contributed by atoms with van der Waals surface area (Å²) in [6, 6.07) is 4.02. The first kappa shape index (κ1) is 7.73. The molecule has 12 heavy (non-hydrogen) atoms. The maximum atomic E-state index is 4.26. The molecule has 0 atom stereocenters. The van der Waals surface area contributed by atoms with E-state index in [9.17, 15) is 0 Å². The lowest BCUT2D eigenvalue weighted by Gasteiger charge is -1.96. The molecule has 0 aliphatic heterocycles. The molecule has 0 fully saturated rings. The second-order valence-electron chi connectivity index (χ2n) is 2.78. The number of pyridine rings is 1. The van der Waals surface area contributed by atoms with Crippen LogP contribution in [0, 0.1) is 13.8 Å². The van der Waals surface area contributed by atoms with Crippen molar-refractivity contribution in [1.29, 1.82) is 0 Å². The Morgan fingerprint density at radius 1 is 1.33 bits per heavy atom. The highest BCUT2D eigenvalue weighted by Crippen LogP contribution is 2.14. The highest BCUT2D eigenvalue weighted by molar-refractivity contribution is 9.10. The molecule has 3 nitrogen and oxygen atoms in total. The van der Waals surface area contributed by atoms with Gasteiger partial charge in [-0.3, -0.25) is 0 Å². The summed E-state index contributed by atoms with van der Waals surface area (Å²) in [5, 5.41) is 4.21. The maximum absolute atomic E-state index is 4.26. The molecular formula is C8H8BrN3. The van der Waals surface area contributed by atoms with Gasteiger partial charge in [-0.25, -0.2) is 9.50 Å². The van der Waals surface area contributed by atoms with Crippen molar-refractivity contribution in [3.63, 3.8) is 0 Å². The summed E-state index contributed by atoms with van der Waals surface area (Å²) in [4.78, 5) is 4.26. The first-order valence-electron chi connectivity index (χ1n) is 3.66. The van der Waals surface area contributed by atoms with Gasteiger partial charge in [0.1, 0.15) is 10.4 Å². The van der Waals surface area contributed by atoms with Gasteiger partial charge in [-0.05, 0) is 47.5 Å². The highest BCUT2D eigenvalue weighted by Gasteiger charge is 2.02. The fourth-order valence-electron chi connectivity index (χ4n) is 1.18. The molecule has 0 saturated carbocycles. The van der Waals surface area contributed by atoms with Crippen molar-refractivity contribution in [2.24, 2.45) is 0 Å². The lowest BCUT2D eigenvalue weighted by molar-refractivity contribution is 0.906. The molecule has 0 spiro atoms. The van der Waals surface area contributed by atoms with E-state index in [2.05, 4.69) is 26.0 Å². The molecule has 62 valence electrons. The summed E-state index contributed by atoms with van der Waals surface area (Å²) >= 11 is 3.42. The van der Waals surface area contributed by atoms with Crippen molar-refractivity contribution in [2.45, 2.75) is 13.8 Å². The van der Waals surface area contributed by atoms with Crippen LogP contribution < -0.4 is 0 Å². The van der Waals surface area contributed by atoms with Crippen molar-refractivity contribution < 1.29 is 0 Å². The minimum atomic E-state index is 0.793.